The van der Waals surface area contributed by atoms with E-state index in [0.717, 1.165) is 22.4 Å². The van der Waals surface area contributed by atoms with Crippen LogP contribution in [-0.2, 0) is 10.2 Å². The topological polar surface area (TPSA) is 30.8 Å². The van der Waals surface area contributed by atoms with Crippen molar-refractivity contribution in [3.8, 4) is 5.75 Å². The van der Waals surface area contributed by atoms with Gasteiger partial charge in [0, 0.05) is 10.9 Å². The standard InChI is InChI=1S/C17H18BrNO2/c1-13-4-3-5-15(10-13)17(19-20-2)12-21-16-8-6-14(11-18)7-9-16/h3-10H,11-12H2,1-2H3/b19-17+. The van der Waals surface area contributed by atoms with Crippen molar-refractivity contribution in [2.24, 2.45) is 5.16 Å². The molecule has 0 fully saturated rings. The van der Waals surface area contributed by atoms with E-state index in [4.69, 9.17) is 9.57 Å². The smallest absolute Gasteiger partial charge is 0.134 e. The van der Waals surface area contributed by atoms with Crippen molar-refractivity contribution in [3.63, 3.8) is 0 Å². The summed E-state index contributed by atoms with van der Waals surface area (Å²) in [5, 5.41) is 4.91. The molecule has 0 atom stereocenters. The Kier molecular flexibility index (Phi) is 5.81. The average Bonchev–Trinajstić information content (AvgIpc) is 2.52. The molecule has 2 rings (SSSR count). The van der Waals surface area contributed by atoms with Crippen molar-refractivity contribution in [2.75, 3.05) is 13.7 Å². The van der Waals surface area contributed by atoms with Crippen molar-refractivity contribution in [3.05, 3.63) is 65.2 Å². The van der Waals surface area contributed by atoms with Crippen molar-refractivity contribution < 1.29 is 9.57 Å². The quantitative estimate of drug-likeness (QED) is 0.442. The fourth-order valence-corrected chi connectivity index (χ4v) is 2.30. The molecule has 0 aromatic heterocycles. The van der Waals surface area contributed by atoms with E-state index in [0.29, 0.717) is 6.61 Å². The molecule has 0 radical (unpaired) electrons. The van der Waals surface area contributed by atoms with Crippen LogP contribution in [0.2, 0.25) is 0 Å². The largest absolute Gasteiger partial charge is 0.487 e. The highest BCUT2D eigenvalue weighted by atomic mass is 79.9. The van der Waals surface area contributed by atoms with E-state index in [-0.39, 0.29) is 0 Å². The minimum Gasteiger partial charge on any atom is -0.487 e. The maximum absolute atomic E-state index is 5.79. The fraction of sp³-hybridized carbons (Fsp3) is 0.235. The van der Waals surface area contributed by atoms with Gasteiger partial charge in [0.2, 0.25) is 0 Å². The van der Waals surface area contributed by atoms with E-state index in [1.165, 1.54) is 11.1 Å². The SMILES string of the molecule is CO/N=C(\COc1ccc(CBr)cc1)c1cccc(C)c1. The number of rotatable bonds is 6. The third-order valence-electron chi connectivity index (χ3n) is 3.01. The fourth-order valence-electron chi connectivity index (χ4n) is 1.92. The second kappa shape index (κ2) is 7.84. The van der Waals surface area contributed by atoms with Gasteiger partial charge in [-0.15, -0.1) is 0 Å². The van der Waals surface area contributed by atoms with E-state index in [9.17, 15) is 0 Å². The maximum atomic E-state index is 5.79. The molecule has 0 aliphatic heterocycles. The Balaban J connectivity index is 2.08. The van der Waals surface area contributed by atoms with Gasteiger partial charge in [0.05, 0.1) is 0 Å². The van der Waals surface area contributed by atoms with Crippen LogP contribution in [0.25, 0.3) is 0 Å². The molecular formula is C17H18BrNO2. The molecule has 3 nitrogen and oxygen atoms in total. The monoisotopic (exact) mass is 347 g/mol. The number of halogens is 1. The van der Waals surface area contributed by atoms with Crippen LogP contribution < -0.4 is 4.74 Å². The third kappa shape index (κ3) is 4.60. The predicted molar refractivity (Wildman–Crippen MR) is 89.3 cm³/mol. The molecule has 4 heteroatoms. The second-order valence-electron chi connectivity index (χ2n) is 4.66. The summed E-state index contributed by atoms with van der Waals surface area (Å²) in [4.78, 5) is 4.92. The summed E-state index contributed by atoms with van der Waals surface area (Å²) in [6.45, 7) is 2.42. The highest BCUT2D eigenvalue weighted by molar-refractivity contribution is 9.08. The van der Waals surface area contributed by atoms with Crippen LogP contribution in [0.4, 0.5) is 0 Å². The highest BCUT2D eigenvalue weighted by Gasteiger charge is 2.06. The molecule has 0 saturated carbocycles. The van der Waals surface area contributed by atoms with Gasteiger partial charge in [0.1, 0.15) is 25.2 Å². The van der Waals surface area contributed by atoms with Gasteiger partial charge < -0.3 is 9.57 Å². The number of benzene rings is 2. The summed E-state index contributed by atoms with van der Waals surface area (Å²) in [5.74, 6) is 0.816. The lowest BCUT2D eigenvalue weighted by atomic mass is 10.1. The summed E-state index contributed by atoms with van der Waals surface area (Å²) in [6.07, 6.45) is 0. The summed E-state index contributed by atoms with van der Waals surface area (Å²) in [7, 11) is 1.54. The lowest BCUT2D eigenvalue weighted by Crippen LogP contribution is -2.13. The molecule has 0 aliphatic carbocycles. The van der Waals surface area contributed by atoms with Crippen molar-refractivity contribution >= 4 is 21.6 Å². The molecule has 0 heterocycles. The van der Waals surface area contributed by atoms with Gasteiger partial charge in [0.25, 0.3) is 0 Å². The third-order valence-corrected chi connectivity index (χ3v) is 3.65. The summed E-state index contributed by atoms with van der Waals surface area (Å²) in [6, 6.07) is 16.1. The number of nitrogens with zero attached hydrogens (tertiary/aromatic N) is 1. The first kappa shape index (κ1) is 15.6. The summed E-state index contributed by atoms with van der Waals surface area (Å²) in [5.41, 5.74) is 4.17. The summed E-state index contributed by atoms with van der Waals surface area (Å²) >= 11 is 3.43. The lowest BCUT2D eigenvalue weighted by Gasteiger charge is -2.09. The number of alkyl halides is 1. The Morgan fingerprint density at radius 1 is 1.14 bits per heavy atom. The van der Waals surface area contributed by atoms with E-state index in [1.54, 1.807) is 7.11 Å². The van der Waals surface area contributed by atoms with Crippen LogP contribution in [0.5, 0.6) is 5.75 Å². The molecule has 2 aromatic carbocycles. The zero-order chi connectivity index (χ0) is 15.1. The molecule has 0 unspecified atom stereocenters. The van der Waals surface area contributed by atoms with Gasteiger partial charge >= 0.3 is 0 Å². The van der Waals surface area contributed by atoms with Crippen molar-refractivity contribution in [1.82, 2.24) is 0 Å². The van der Waals surface area contributed by atoms with Crippen LogP contribution >= 0.6 is 15.9 Å². The molecule has 2 aromatic rings. The average molecular weight is 348 g/mol. The maximum Gasteiger partial charge on any atom is 0.134 e. The molecular weight excluding hydrogens is 330 g/mol. The molecule has 0 bridgehead atoms. The normalized spacial score (nSPS) is 11.3. The van der Waals surface area contributed by atoms with Gasteiger partial charge in [-0.1, -0.05) is 57.0 Å². The molecule has 110 valence electrons. The predicted octanol–water partition coefficient (Wildman–Crippen LogP) is 4.32. The summed E-state index contributed by atoms with van der Waals surface area (Å²) < 4.78 is 5.79. The Morgan fingerprint density at radius 2 is 1.90 bits per heavy atom. The number of hydrogen-bond acceptors (Lipinski definition) is 3. The highest BCUT2D eigenvalue weighted by Crippen LogP contribution is 2.15. The molecule has 0 amide bonds. The van der Waals surface area contributed by atoms with E-state index < -0.39 is 0 Å². The first-order chi connectivity index (χ1) is 10.2. The molecule has 0 saturated heterocycles. The van der Waals surface area contributed by atoms with Crippen LogP contribution in [-0.4, -0.2) is 19.4 Å². The van der Waals surface area contributed by atoms with Crippen LogP contribution in [0.15, 0.2) is 53.7 Å². The Labute approximate surface area is 133 Å². The zero-order valence-corrected chi connectivity index (χ0v) is 13.8. The number of oxime groups is 1. The van der Waals surface area contributed by atoms with Crippen LogP contribution in [0.3, 0.4) is 0 Å². The number of aryl methyl sites for hydroxylation is 1. The van der Waals surface area contributed by atoms with Gasteiger partial charge in [0.15, 0.2) is 0 Å². The number of ether oxygens (including phenoxy) is 1. The van der Waals surface area contributed by atoms with E-state index in [2.05, 4.69) is 27.2 Å². The van der Waals surface area contributed by atoms with E-state index in [1.807, 2.05) is 49.4 Å². The lowest BCUT2D eigenvalue weighted by molar-refractivity contribution is 0.210. The van der Waals surface area contributed by atoms with Gasteiger partial charge in [-0.2, -0.15) is 0 Å². The minimum absolute atomic E-state index is 0.366. The van der Waals surface area contributed by atoms with Gasteiger partial charge in [-0.05, 0) is 30.7 Å². The van der Waals surface area contributed by atoms with Crippen molar-refractivity contribution in [1.29, 1.82) is 0 Å². The minimum atomic E-state index is 0.366. The Morgan fingerprint density at radius 3 is 2.52 bits per heavy atom. The second-order valence-corrected chi connectivity index (χ2v) is 5.22. The van der Waals surface area contributed by atoms with Gasteiger partial charge in [-0.3, -0.25) is 0 Å². The first-order valence-electron chi connectivity index (χ1n) is 6.67. The molecule has 0 aliphatic rings. The number of hydrogen-bond donors (Lipinski definition) is 0. The Bertz CT molecular complexity index is 608. The molecule has 0 spiro atoms. The van der Waals surface area contributed by atoms with E-state index >= 15 is 0 Å². The van der Waals surface area contributed by atoms with Crippen LogP contribution in [0.1, 0.15) is 16.7 Å². The van der Waals surface area contributed by atoms with Crippen LogP contribution in [0, 0.1) is 6.92 Å². The first-order valence-corrected chi connectivity index (χ1v) is 7.80. The zero-order valence-electron chi connectivity index (χ0n) is 12.2. The molecule has 21 heavy (non-hydrogen) atoms. The van der Waals surface area contributed by atoms with Crippen molar-refractivity contribution in [2.45, 2.75) is 12.3 Å². The Hall–Kier alpha value is -1.81. The van der Waals surface area contributed by atoms with Gasteiger partial charge in [-0.25, -0.2) is 0 Å². The molecule has 0 N–H and O–H groups in total.